The van der Waals surface area contributed by atoms with E-state index in [1.165, 1.54) is 0 Å². The van der Waals surface area contributed by atoms with Gasteiger partial charge in [0.15, 0.2) is 0 Å². The standard InChI is InChI=1S/C23H24N2O2/c24-16-17-7-6-10-19(15-17)23(27)13-14-25(21-12-5-4-11-20(21)23)22(26)18-8-2-1-3-9-18/h1-3,6-10,15,20-21,27H,4-5,11-14H2/t20-,21-,23-/m0/s1. The zero-order valence-electron chi connectivity index (χ0n) is 15.3. The van der Waals surface area contributed by atoms with Crippen molar-refractivity contribution in [3.05, 3.63) is 71.3 Å². The van der Waals surface area contributed by atoms with E-state index in [2.05, 4.69) is 6.07 Å². The van der Waals surface area contributed by atoms with Gasteiger partial charge in [-0.25, -0.2) is 0 Å². The number of hydrogen-bond donors (Lipinski definition) is 1. The lowest BCUT2D eigenvalue weighted by Crippen LogP contribution is -2.59. The van der Waals surface area contributed by atoms with Crippen molar-refractivity contribution in [1.29, 1.82) is 5.26 Å². The maximum Gasteiger partial charge on any atom is 0.254 e. The highest BCUT2D eigenvalue weighted by molar-refractivity contribution is 5.94. The first-order valence-corrected chi connectivity index (χ1v) is 9.72. The largest absolute Gasteiger partial charge is 0.385 e. The minimum absolute atomic E-state index is 0.00149. The Bertz CT molecular complexity index is 873. The van der Waals surface area contributed by atoms with Gasteiger partial charge in [-0.15, -0.1) is 0 Å². The molecule has 1 aliphatic carbocycles. The molecule has 1 N–H and O–H groups in total. The Kier molecular flexibility index (Phi) is 4.72. The molecule has 0 unspecified atom stereocenters. The van der Waals surface area contributed by atoms with E-state index in [-0.39, 0.29) is 17.9 Å². The summed E-state index contributed by atoms with van der Waals surface area (Å²) in [6, 6.07) is 18.9. The Morgan fingerprint density at radius 3 is 2.67 bits per heavy atom. The van der Waals surface area contributed by atoms with Crippen LogP contribution in [0.4, 0.5) is 0 Å². The van der Waals surface area contributed by atoms with Crippen LogP contribution in [0.5, 0.6) is 0 Å². The van der Waals surface area contributed by atoms with Crippen LogP contribution in [0.3, 0.4) is 0 Å². The molecule has 2 fully saturated rings. The summed E-state index contributed by atoms with van der Waals surface area (Å²) < 4.78 is 0. The fourth-order valence-corrected chi connectivity index (χ4v) is 4.90. The number of benzene rings is 2. The van der Waals surface area contributed by atoms with Crippen LogP contribution >= 0.6 is 0 Å². The van der Waals surface area contributed by atoms with Crippen LogP contribution in [-0.4, -0.2) is 28.5 Å². The van der Waals surface area contributed by atoms with E-state index in [0.717, 1.165) is 31.2 Å². The zero-order chi connectivity index (χ0) is 18.9. The van der Waals surface area contributed by atoms with E-state index in [9.17, 15) is 15.2 Å². The molecule has 0 radical (unpaired) electrons. The van der Waals surface area contributed by atoms with Gasteiger partial charge in [0.25, 0.3) is 5.91 Å². The Morgan fingerprint density at radius 1 is 1.11 bits per heavy atom. The molecule has 4 rings (SSSR count). The SMILES string of the molecule is N#Cc1cccc([C@@]2(O)CCN(C(=O)c3ccccc3)[C@H]3CCCC[C@@H]32)c1. The van der Waals surface area contributed by atoms with E-state index in [0.29, 0.717) is 24.1 Å². The second-order valence-electron chi connectivity index (χ2n) is 7.69. The molecule has 1 saturated heterocycles. The second-order valence-corrected chi connectivity index (χ2v) is 7.69. The molecule has 0 bridgehead atoms. The number of aliphatic hydroxyl groups is 1. The number of rotatable bonds is 2. The molecule has 4 heteroatoms. The third-order valence-corrected chi connectivity index (χ3v) is 6.25. The van der Waals surface area contributed by atoms with Crippen molar-refractivity contribution < 1.29 is 9.90 Å². The predicted molar refractivity (Wildman–Crippen MR) is 103 cm³/mol. The van der Waals surface area contributed by atoms with Crippen LogP contribution < -0.4 is 0 Å². The fraction of sp³-hybridized carbons (Fsp3) is 0.391. The van der Waals surface area contributed by atoms with Gasteiger partial charge in [-0.05, 0) is 49.1 Å². The summed E-state index contributed by atoms with van der Waals surface area (Å²) in [6.45, 7) is 0.530. The molecule has 3 atom stereocenters. The number of carbonyl (C=O) groups excluding carboxylic acids is 1. The lowest BCUT2D eigenvalue weighted by Gasteiger charge is -2.52. The number of amides is 1. The first kappa shape index (κ1) is 17.8. The molecule has 1 amide bonds. The van der Waals surface area contributed by atoms with Crippen LogP contribution in [0.1, 0.15) is 53.6 Å². The fourth-order valence-electron chi connectivity index (χ4n) is 4.90. The highest BCUT2D eigenvalue weighted by atomic mass is 16.3. The van der Waals surface area contributed by atoms with Crippen LogP contribution in [0.15, 0.2) is 54.6 Å². The molecular formula is C23H24N2O2. The monoisotopic (exact) mass is 360 g/mol. The van der Waals surface area contributed by atoms with Gasteiger partial charge in [-0.3, -0.25) is 4.79 Å². The summed E-state index contributed by atoms with van der Waals surface area (Å²) in [7, 11) is 0. The summed E-state index contributed by atoms with van der Waals surface area (Å²) in [5, 5.41) is 20.9. The maximum atomic E-state index is 13.1. The third kappa shape index (κ3) is 3.13. The highest BCUT2D eigenvalue weighted by Crippen LogP contribution is 2.47. The number of nitrogens with zero attached hydrogens (tertiary/aromatic N) is 2. The minimum atomic E-state index is -0.981. The van der Waals surface area contributed by atoms with Crippen molar-refractivity contribution in [3.8, 4) is 6.07 Å². The predicted octanol–water partition coefficient (Wildman–Crippen LogP) is 3.85. The Hall–Kier alpha value is -2.64. The van der Waals surface area contributed by atoms with Crippen LogP contribution in [-0.2, 0) is 5.60 Å². The van der Waals surface area contributed by atoms with Gasteiger partial charge in [-0.1, -0.05) is 43.2 Å². The molecule has 138 valence electrons. The van der Waals surface area contributed by atoms with E-state index in [1.54, 1.807) is 12.1 Å². The van der Waals surface area contributed by atoms with Crippen molar-refractivity contribution in [2.75, 3.05) is 6.54 Å². The quantitative estimate of drug-likeness (QED) is 0.885. The first-order chi connectivity index (χ1) is 13.1. The molecule has 27 heavy (non-hydrogen) atoms. The number of likely N-dealkylation sites (tertiary alicyclic amines) is 1. The van der Waals surface area contributed by atoms with Crippen molar-refractivity contribution in [2.45, 2.75) is 43.7 Å². The molecule has 2 aliphatic rings. The maximum absolute atomic E-state index is 13.1. The van der Waals surface area contributed by atoms with Gasteiger partial charge in [0, 0.05) is 24.1 Å². The molecule has 1 saturated carbocycles. The Balaban J connectivity index is 1.67. The van der Waals surface area contributed by atoms with Gasteiger partial charge < -0.3 is 10.0 Å². The molecule has 2 aromatic rings. The van der Waals surface area contributed by atoms with E-state index < -0.39 is 5.60 Å². The number of fused-ring (bicyclic) bond motifs is 1. The summed E-state index contributed by atoms with van der Waals surface area (Å²) in [5.41, 5.74) is 1.10. The van der Waals surface area contributed by atoms with Crippen LogP contribution in [0, 0.1) is 17.2 Å². The zero-order valence-corrected chi connectivity index (χ0v) is 15.3. The summed E-state index contributed by atoms with van der Waals surface area (Å²) in [5.74, 6) is 0.0573. The molecule has 1 heterocycles. The molecule has 0 aromatic heterocycles. The van der Waals surface area contributed by atoms with E-state index >= 15 is 0 Å². The van der Waals surface area contributed by atoms with Crippen LogP contribution in [0.25, 0.3) is 0 Å². The first-order valence-electron chi connectivity index (χ1n) is 9.72. The van der Waals surface area contributed by atoms with Crippen molar-refractivity contribution in [3.63, 3.8) is 0 Å². The average Bonchev–Trinajstić information content (AvgIpc) is 2.74. The van der Waals surface area contributed by atoms with E-state index in [1.807, 2.05) is 47.4 Å². The van der Waals surface area contributed by atoms with Gasteiger partial charge >= 0.3 is 0 Å². The highest BCUT2D eigenvalue weighted by Gasteiger charge is 2.50. The molecule has 0 spiro atoms. The number of piperidine rings is 1. The summed E-state index contributed by atoms with van der Waals surface area (Å²) in [6.07, 6.45) is 4.46. The molecule has 4 nitrogen and oxygen atoms in total. The van der Waals surface area contributed by atoms with Gasteiger partial charge in [0.1, 0.15) is 0 Å². The molecular weight excluding hydrogens is 336 g/mol. The number of hydrogen-bond acceptors (Lipinski definition) is 3. The number of nitriles is 1. The van der Waals surface area contributed by atoms with E-state index in [4.69, 9.17) is 0 Å². The minimum Gasteiger partial charge on any atom is -0.385 e. The lowest BCUT2D eigenvalue weighted by molar-refractivity contribution is -0.110. The normalized spacial score (nSPS) is 27.5. The second kappa shape index (κ2) is 7.17. The van der Waals surface area contributed by atoms with Crippen LogP contribution in [0.2, 0.25) is 0 Å². The summed E-state index contributed by atoms with van der Waals surface area (Å²) in [4.78, 5) is 15.1. The van der Waals surface area contributed by atoms with Gasteiger partial charge in [0.2, 0.25) is 0 Å². The molecule has 1 aliphatic heterocycles. The summed E-state index contributed by atoms with van der Waals surface area (Å²) >= 11 is 0. The Morgan fingerprint density at radius 2 is 1.89 bits per heavy atom. The Labute approximate surface area is 160 Å². The van der Waals surface area contributed by atoms with Crippen molar-refractivity contribution in [2.24, 2.45) is 5.92 Å². The average molecular weight is 360 g/mol. The van der Waals surface area contributed by atoms with Crippen molar-refractivity contribution in [1.82, 2.24) is 4.90 Å². The number of carbonyl (C=O) groups is 1. The smallest absolute Gasteiger partial charge is 0.254 e. The van der Waals surface area contributed by atoms with Gasteiger partial charge in [0.05, 0.1) is 17.2 Å². The topological polar surface area (TPSA) is 64.3 Å². The van der Waals surface area contributed by atoms with Gasteiger partial charge in [-0.2, -0.15) is 5.26 Å². The third-order valence-electron chi connectivity index (χ3n) is 6.25. The van der Waals surface area contributed by atoms with Crippen molar-refractivity contribution >= 4 is 5.91 Å². The molecule has 2 aromatic carbocycles. The lowest BCUT2D eigenvalue weighted by atomic mass is 9.66.